The molecule has 0 saturated carbocycles. The van der Waals surface area contributed by atoms with Gasteiger partial charge in [0.2, 0.25) is 5.78 Å². The second-order valence-electron chi connectivity index (χ2n) is 8.91. The van der Waals surface area contributed by atoms with Crippen LogP contribution in [0.4, 0.5) is 5.82 Å². The van der Waals surface area contributed by atoms with Crippen molar-refractivity contribution in [2.24, 2.45) is 0 Å². The Kier molecular flexibility index (Phi) is 5.12. The largest absolute Gasteiger partial charge is 0.393 e. The summed E-state index contributed by atoms with van der Waals surface area (Å²) in [5, 5.41) is 19.5. The average Bonchev–Trinajstić information content (AvgIpc) is 3.55. The highest BCUT2D eigenvalue weighted by Gasteiger charge is 2.21. The quantitative estimate of drug-likeness (QED) is 0.444. The molecule has 0 spiro atoms. The number of aliphatic hydroxyl groups excluding tert-OH is 1. The van der Waals surface area contributed by atoms with Crippen LogP contribution >= 0.6 is 0 Å². The summed E-state index contributed by atoms with van der Waals surface area (Å²) >= 11 is 0. The van der Waals surface area contributed by atoms with E-state index < -0.39 is 0 Å². The Morgan fingerprint density at radius 1 is 1.11 bits per heavy atom. The lowest BCUT2D eigenvalue weighted by atomic mass is 9.93. The minimum atomic E-state index is -0.271. The van der Waals surface area contributed by atoms with Gasteiger partial charge in [-0.3, -0.25) is 9.78 Å². The molecule has 8 nitrogen and oxygen atoms in total. The molecule has 3 aromatic heterocycles. The van der Waals surface area contributed by atoms with Crippen molar-refractivity contribution in [1.29, 1.82) is 5.26 Å². The van der Waals surface area contributed by atoms with Gasteiger partial charge < -0.3 is 15.0 Å². The number of hydrogen-bond donors (Lipinski definition) is 2. The van der Waals surface area contributed by atoms with Crippen molar-refractivity contribution in [2.75, 3.05) is 18.0 Å². The molecule has 8 heteroatoms. The van der Waals surface area contributed by atoms with E-state index in [9.17, 15) is 15.2 Å². The number of nitrogens with zero attached hydrogens (tertiary/aromatic N) is 5. The predicted octanol–water partition coefficient (Wildman–Crippen LogP) is 3.65. The number of aromatic amines is 1. The number of carbonyl (C=O) groups excluding carboxylic acids is 1. The molecule has 1 saturated heterocycles. The first-order valence-corrected chi connectivity index (χ1v) is 11.6. The zero-order valence-electron chi connectivity index (χ0n) is 18.9. The number of aliphatic hydroxyl groups is 1. The number of H-pyrrole nitrogens is 1. The van der Waals surface area contributed by atoms with Crippen LogP contribution in [0.5, 0.6) is 0 Å². The molecule has 4 aromatic rings. The molecule has 1 aliphatic heterocycles. The van der Waals surface area contributed by atoms with E-state index in [1.807, 2.05) is 24.4 Å². The highest BCUT2D eigenvalue weighted by atomic mass is 16.3. The number of nitrogens with one attached hydrogen (secondary N) is 1. The number of carbonyl (C=O) groups is 1. The van der Waals surface area contributed by atoms with E-state index in [1.165, 1.54) is 0 Å². The van der Waals surface area contributed by atoms with Crippen LogP contribution in [0.2, 0.25) is 0 Å². The van der Waals surface area contributed by atoms with Gasteiger partial charge in [0.05, 0.1) is 23.3 Å². The van der Waals surface area contributed by atoms with Gasteiger partial charge in [0.25, 0.3) is 0 Å². The standard InChI is InChI=1S/C27H22N6O2/c28-13-17-5-4-16(12-21(17)22-15-29-14-18-2-1-3-20(18)22)25(35)27-30-23-6-7-24(31-26(23)32-27)33-10-8-19(34)9-11-33/h1,3-7,12,14-15,19,34H,2,8-11H2,(H,30,31,32). The number of hydrogen-bond acceptors (Lipinski definition) is 7. The van der Waals surface area contributed by atoms with E-state index in [0.29, 0.717) is 40.7 Å². The highest BCUT2D eigenvalue weighted by molar-refractivity contribution is 6.08. The monoisotopic (exact) mass is 462 g/mol. The molecule has 0 amide bonds. The number of nitriles is 1. The summed E-state index contributed by atoms with van der Waals surface area (Å²) in [6, 6.07) is 11.1. The molecular formula is C27H22N6O2. The smallest absolute Gasteiger partial charge is 0.228 e. The van der Waals surface area contributed by atoms with Gasteiger partial charge in [-0.1, -0.05) is 12.2 Å². The fourth-order valence-corrected chi connectivity index (χ4v) is 4.80. The van der Waals surface area contributed by atoms with Gasteiger partial charge in [-0.05, 0) is 60.7 Å². The summed E-state index contributed by atoms with van der Waals surface area (Å²) in [5.41, 5.74) is 5.72. The molecule has 0 unspecified atom stereocenters. The number of benzene rings is 1. The molecule has 0 radical (unpaired) electrons. The fourth-order valence-electron chi connectivity index (χ4n) is 4.80. The van der Waals surface area contributed by atoms with E-state index in [2.05, 4.69) is 37.0 Å². The number of rotatable bonds is 4. The van der Waals surface area contributed by atoms with Crippen LogP contribution < -0.4 is 4.90 Å². The zero-order chi connectivity index (χ0) is 23.9. The second kappa shape index (κ2) is 8.46. The van der Waals surface area contributed by atoms with Crippen molar-refractivity contribution < 1.29 is 9.90 Å². The Hall–Kier alpha value is -4.35. The highest BCUT2D eigenvalue weighted by Crippen LogP contribution is 2.33. The van der Waals surface area contributed by atoms with Gasteiger partial charge in [-0.15, -0.1) is 0 Å². The Bertz CT molecular complexity index is 1540. The molecular weight excluding hydrogens is 440 g/mol. The van der Waals surface area contributed by atoms with Gasteiger partial charge >= 0.3 is 0 Å². The zero-order valence-corrected chi connectivity index (χ0v) is 18.9. The van der Waals surface area contributed by atoms with E-state index in [4.69, 9.17) is 0 Å². The number of allylic oxidation sites excluding steroid dienone is 1. The van der Waals surface area contributed by atoms with Crippen molar-refractivity contribution in [3.8, 4) is 17.2 Å². The van der Waals surface area contributed by atoms with Gasteiger partial charge in [0.1, 0.15) is 5.82 Å². The lowest BCUT2D eigenvalue weighted by Crippen LogP contribution is -2.36. The first-order valence-electron chi connectivity index (χ1n) is 11.6. The first kappa shape index (κ1) is 21.2. The molecule has 6 rings (SSSR count). The number of anilines is 1. The fraction of sp³-hybridized carbons (Fsp3) is 0.222. The van der Waals surface area contributed by atoms with Crippen molar-refractivity contribution >= 4 is 28.8 Å². The number of aromatic nitrogens is 4. The molecule has 2 aliphatic rings. The summed E-state index contributed by atoms with van der Waals surface area (Å²) in [4.78, 5) is 32.1. The van der Waals surface area contributed by atoms with Gasteiger partial charge in [0, 0.05) is 42.2 Å². The van der Waals surface area contributed by atoms with Crippen LogP contribution in [0, 0.1) is 11.3 Å². The summed E-state index contributed by atoms with van der Waals surface area (Å²) in [7, 11) is 0. The SMILES string of the molecule is N#Cc1ccc(C(=O)c2nc3nc(N4CCC(O)CC4)ccc3[nH]2)cc1-c1cncc2c1C=CC2. The Morgan fingerprint density at radius 3 is 2.80 bits per heavy atom. The van der Waals surface area contributed by atoms with E-state index >= 15 is 0 Å². The third-order valence-corrected chi connectivity index (χ3v) is 6.72. The molecule has 1 fully saturated rings. The maximum Gasteiger partial charge on any atom is 0.228 e. The van der Waals surface area contributed by atoms with Crippen LogP contribution in [0.25, 0.3) is 28.4 Å². The molecule has 0 bridgehead atoms. The Labute approximate surface area is 201 Å². The number of piperidine rings is 1. The van der Waals surface area contributed by atoms with Gasteiger partial charge in [-0.2, -0.15) is 5.26 Å². The van der Waals surface area contributed by atoms with Crippen LogP contribution in [-0.4, -0.2) is 50.0 Å². The summed E-state index contributed by atoms with van der Waals surface area (Å²) < 4.78 is 0. The third kappa shape index (κ3) is 3.76. The van der Waals surface area contributed by atoms with Crippen LogP contribution in [-0.2, 0) is 6.42 Å². The van der Waals surface area contributed by atoms with E-state index in [-0.39, 0.29) is 17.7 Å². The van der Waals surface area contributed by atoms with Crippen LogP contribution in [0.15, 0.2) is 48.8 Å². The van der Waals surface area contributed by atoms with Gasteiger partial charge in [-0.25, -0.2) is 9.97 Å². The molecule has 172 valence electrons. The van der Waals surface area contributed by atoms with Crippen molar-refractivity contribution in [3.63, 3.8) is 0 Å². The van der Waals surface area contributed by atoms with E-state index in [0.717, 1.165) is 42.0 Å². The van der Waals surface area contributed by atoms with E-state index in [1.54, 1.807) is 24.4 Å². The summed E-state index contributed by atoms with van der Waals surface area (Å²) in [6.07, 6.45) is 9.65. The number of ketones is 1. The van der Waals surface area contributed by atoms with Crippen molar-refractivity contribution in [3.05, 3.63) is 76.9 Å². The molecule has 35 heavy (non-hydrogen) atoms. The Morgan fingerprint density at radius 2 is 1.97 bits per heavy atom. The maximum atomic E-state index is 13.4. The van der Waals surface area contributed by atoms with Gasteiger partial charge in [0.15, 0.2) is 11.5 Å². The summed E-state index contributed by atoms with van der Waals surface area (Å²) in [5.74, 6) is 0.715. The molecule has 0 atom stereocenters. The third-order valence-electron chi connectivity index (χ3n) is 6.72. The average molecular weight is 463 g/mol. The molecule has 2 N–H and O–H groups in total. The lowest BCUT2D eigenvalue weighted by Gasteiger charge is -2.30. The Balaban J connectivity index is 1.35. The minimum Gasteiger partial charge on any atom is -0.393 e. The first-order chi connectivity index (χ1) is 17.1. The number of fused-ring (bicyclic) bond motifs is 2. The van der Waals surface area contributed by atoms with Crippen LogP contribution in [0.3, 0.4) is 0 Å². The molecule has 4 heterocycles. The van der Waals surface area contributed by atoms with Crippen LogP contribution in [0.1, 0.15) is 45.7 Å². The lowest BCUT2D eigenvalue weighted by molar-refractivity contribution is 0.103. The number of pyridine rings is 2. The normalized spacial score (nSPS) is 15.4. The topological polar surface area (TPSA) is 119 Å². The second-order valence-corrected chi connectivity index (χ2v) is 8.91. The molecule has 1 aliphatic carbocycles. The maximum absolute atomic E-state index is 13.4. The predicted molar refractivity (Wildman–Crippen MR) is 132 cm³/mol. The van der Waals surface area contributed by atoms with Crippen molar-refractivity contribution in [1.82, 2.24) is 19.9 Å². The molecule has 1 aromatic carbocycles. The minimum absolute atomic E-state index is 0.200. The summed E-state index contributed by atoms with van der Waals surface area (Å²) in [6.45, 7) is 1.47. The number of imidazole rings is 1. The van der Waals surface area contributed by atoms with Crippen molar-refractivity contribution in [2.45, 2.75) is 25.4 Å².